The van der Waals surface area contributed by atoms with Crippen molar-refractivity contribution in [3.8, 4) is 0 Å². The molecule has 0 radical (unpaired) electrons. The van der Waals surface area contributed by atoms with Crippen LogP contribution in [0.1, 0.15) is 29.4 Å². The number of nitrogen functional groups attached to an aromatic ring is 1. The molecule has 1 aromatic carbocycles. The van der Waals surface area contributed by atoms with Gasteiger partial charge in [-0.1, -0.05) is 15.9 Å². The molecule has 0 spiro atoms. The molecule has 1 fully saturated rings. The van der Waals surface area contributed by atoms with Crippen molar-refractivity contribution >= 4 is 33.2 Å². The summed E-state index contributed by atoms with van der Waals surface area (Å²) in [4.78, 5) is 12.3. The molecule has 20 heavy (non-hydrogen) atoms. The summed E-state index contributed by atoms with van der Waals surface area (Å²) in [5.41, 5.74) is 6.89. The lowest BCUT2D eigenvalue weighted by molar-refractivity contribution is 0.101. The van der Waals surface area contributed by atoms with Crippen LogP contribution >= 0.6 is 15.9 Å². The number of carbonyl (C=O) groups is 1. The molecule has 104 valence electrons. The Morgan fingerprint density at radius 3 is 2.85 bits per heavy atom. The number of aromatic nitrogens is 1. The first kappa shape index (κ1) is 13.2. The van der Waals surface area contributed by atoms with Crippen LogP contribution in [0.2, 0.25) is 0 Å². The lowest BCUT2D eigenvalue weighted by Gasteiger charge is -2.09. The van der Waals surface area contributed by atoms with Crippen LogP contribution in [0.25, 0.3) is 0 Å². The van der Waals surface area contributed by atoms with E-state index < -0.39 is 5.82 Å². The molecule has 0 bridgehead atoms. The van der Waals surface area contributed by atoms with Gasteiger partial charge in [0, 0.05) is 16.7 Å². The summed E-state index contributed by atoms with van der Waals surface area (Å²) in [6, 6.07) is 6.36. The Bertz CT molecular complexity index is 679. The van der Waals surface area contributed by atoms with Crippen LogP contribution in [0.5, 0.6) is 0 Å². The van der Waals surface area contributed by atoms with Crippen molar-refractivity contribution in [3.63, 3.8) is 0 Å². The molecule has 0 saturated heterocycles. The third-order valence-corrected chi connectivity index (χ3v) is 3.71. The lowest BCUT2D eigenvalue weighted by Crippen LogP contribution is -2.17. The van der Waals surface area contributed by atoms with Gasteiger partial charge < -0.3 is 15.6 Å². The summed E-state index contributed by atoms with van der Waals surface area (Å²) >= 11 is 3.25. The molecule has 4 nitrogen and oxygen atoms in total. The van der Waals surface area contributed by atoms with Crippen LogP contribution in [0.15, 0.2) is 34.9 Å². The summed E-state index contributed by atoms with van der Waals surface area (Å²) in [5.74, 6) is -0.829. The standard InChI is InChI=1S/C14H13BrFN3O/c15-8-1-4-11(16)12(5-8)18-14(20)13-6-9(17)7-19(13)10-2-3-10/h1,4-7,10H,2-3,17H2,(H,18,20). The molecule has 1 saturated carbocycles. The second-order valence-corrected chi connectivity index (χ2v) is 5.79. The number of nitrogens with one attached hydrogen (secondary N) is 1. The summed E-state index contributed by atoms with van der Waals surface area (Å²) in [7, 11) is 0. The molecule has 0 unspecified atom stereocenters. The Kier molecular flexibility index (Phi) is 3.25. The number of hydrogen-bond acceptors (Lipinski definition) is 2. The highest BCUT2D eigenvalue weighted by atomic mass is 79.9. The van der Waals surface area contributed by atoms with Crippen LogP contribution in [0, 0.1) is 5.82 Å². The molecule has 0 aliphatic heterocycles. The van der Waals surface area contributed by atoms with Gasteiger partial charge in [0.05, 0.1) is 11.4 Å². The molecule has 1 amide bonds. The fourth-order valence-corrected chi connectivity index (χ4v) is 2.48. The normalized spacial score (nSPS) is 14.3. The van der Waals surface area contributed by atoms with Crippen molar-refractivity contribution in [2.45, 2.75) is 18.9 Å². The van der Waals surface area contributed by atoms with Crippen molar-refractivity contribution in [1.82, 2.24) is 4.57 Å². The van der Waals surface area contributed by atoms with Crippen LogP contribution < -0.4 is 11.1 Å². The first-order valence-electron chi connectivity index (χ1n) is 6.28. The maximum Gasteiger partial charge on any atom is 0.272 e. The molecule has 1 aliphatic rings. The van der Waals surface area contributed by atoms with E-state index in [9.17, 15) is 9.18 Å². The summed E-state index contributed by atoms with van der Waals surface area (Å²) in [5, 5.41) is 2.58. The highest BCUT2D eigenvalue weighted by Crippen LogP contribution is 2.37. The predicted molar refractivity (Wildman–Crippen MR) is 79.2 cm³/mol. The van der Waals surface area contributed by atoms with Crippen molar-refractivity contribution < 1.29 is 9.18 Å². The van der Waals surface area contributed by atoms with E-state index in [1.54, 1.807) is 18.3 Å². The number of nitrogens with zero attached hydrogens (tertiary/aromatic N) is 1. The van der Waals surface area contributed by atoms with Crippen LogP contribution in [0.3, 0.4) is 0 Å². The van der Waals surface area contributed by atoms with Crippen molar-refractivity contribution in [2.75, 3.05) is 11.1 Å². The van der Waals surface area contributed by atoms with Crippen LogP contribution in [-0.2, 0) is 0 Å². The topological polar surface area (TPSA) is 60.1 Å². The summed E-state index contributed by atoms with van der Waals surface area (Å²) < 4.78 is 16.2. The maximum absolute atomic E-state index is 13.7. The van der Waals surface area contributed by atoms with Gasteiger partial charge in [-0.25, -0.2) is 4.39 Å². The number of hydrogen-bond donors (Lipinski definition) is 2. The van der Waals surface area contributed by atoms with Gasteiger partial charge in [-0.15, -0.1) is 0 Å². The van der Waals surface area contributed by atoms with E-state index in [0.29, 0.717) is 21.9 Å². The van der Waals surface area contributed by atoms with E-state index in [4.69, 9.17) is 5.73 Å². The van der Waals surface area contributed by atoms with E-state index in [1.807, 2.05) is 4.57 Å². The van der Waals surface area contributed by atoms with E-state index in [1.165, 1.54) is 12.1 Å². The number of carbonyl (C=O) groups excluding carboxylic acids is 1. The van der Waals surface area contributed by atoms with Crippen LogP contribution in [0.4, 0.5) is 15.8 Å². The van der Waals surface area contributed by atoms with Gasteiger partial charge in [0.15, 0.2) is 0 Å². The Balaban J connectivity index is 1.87. The molecule has 3 N–H and O–H groups in total. The number of benzene rings is 1. The Morgan fingerprint density at radius 1 is 1.40 bits per heavy atom. The van der Waals surface area contributed by atoms with E-state index in [0.717, 1.165) is 12.8 Å². The highest BCUT2D eigenvalue weighted by molar-refractivity contribution is 9.10. The zero-order valence-electron chi connectivity index (χ0n) is 10.6. The SMILES string of the molecule is Nc1cc(C(=O)Nc2cc(Br)ccc2F)n(C2CC2)c1. The summed E-state index contributed by atoms with van der Waals surface area (Å²) in [6.07, 6.45) is 3.84. The Morgan fingerprint density at radius 2 is 2.15 bits per heavy atom. The number of anilines is 2. The van der Waals surface area contributed by atoms with E-state index in [-0.39, 0.29) is 11.6 Å². The molecular formula is C14H13BrFN3O. The minimum Gasteiger partial charge on any atom is -0.397 e. The van der Waals surface area contributed by atoms with Gasteiger partial charge in [-0.3, -0.25) is 4.79 Å². The zero-order chi connectivity index (χ0) is 14.3. The van der Waals surface area contributed by atoms with Gasteiger partial charge in [-0.2, -0.15) is 0 Å². The fraction of sp³-hybridized carbons (Fsp3) is 0.214. The van der Waals surface area contributed by atoms with Crippen molar-refractivity contribution in [1.29, 1.82) is 0 Å². The quantitative estimate of drug-likeness (QED) is 0.899. The molecular weight excluding hydrogens is 325 g/mol. The van der Waals surface area contributed by atoms with Gasteiger partial charge in [0.25, 0.3) is 5.91 Å². The zero-order valence-corrected chi connectivity index (χ0v) is 12.2. The van der Waals surface area contributed by atoms with Gasteiger partial charge in [0.2, 0.25) is 0 Å². The molecule has 6 heteroatoms. The second kappa shape index (κ2) is 4.94. The number of halogens is 2. The minimum absolute atomic E-state index is 0.145. The first-order chi connectivity index (χ1) is 9.54. The average Bonchev–Trinajstić information content (AvgIpc) is 3.17. The minimum atomic E-state index is -0.473. The third kappa shape index (κ3) is 2.56. The lowest BCUT2D eigenvalue weighted by atomic mass is 10.3. The van der Waals surface area contributed by atoms with Crippen molar-refractivity contribution in [3.05, 3.63) is 46.4 Å². The number of nitrogens with two attached hydrogens (primary N) is 1. The predicted octanol–water partition coefficient (Wildman–Crippen LogP) is 3.56. The third-order valence-electron chi connectivity index (χ3n) is 3.22. The largest absolute Gasteiger partial charge is 0.397 e. The van der Waals surface area contributed by atoms with E-state index >= 15 is 0 Å². The number of amides is 1. The molecule has 3 rings (SSSR count). The Hall–Kier alpha value is -1.82. The number of rotatable bonds is 3. The van der Waals surface area contributed by atoms with Gasteiger partial charge >= 0.3 is 0 Å². The fourth-order valence-electron chi connectivity index (χ4n) is 2.12. The second-order valence-electron chi connectivity index (χ2n) is 4.88. The molecule has 1 heterocycles. The molecule has 1 aromatic heterocycles. The van der Waals surface area contributed by atoms with Gasteiger partial charge in [0.1, 0.15) is 11.5 Å². The Labute approximate surface area is 123 Å². The maximum atomic E-state index is 13.7. The highest BCUT2D eigenvalue weighted by Gasteiger charge is 2.28. The smallest absolute Gasteiger partial charge is 0.272 e. The van der Waals surface area contributed by atoms with Crippen LogP contribution in [-0.4, -0.2) is 10.5 Å². The summed E-state index contributed by atoms with van der Waals surface area (Å²) in [6.45, 7) is 0. The molecule has 1 aliphatic carbocycles. The molecule has 0 atom stereocenters. The van der Waals surface area contributed by atoms with Crippen molar-refractivity contribution in [2.24, 2.45) is 0 Å². The van der Waals surface area contributed by atoms with Gasteiger partial charge in [-0.05, 0) is 37.1 Å². The monoisotopic (exact) mass is 337 g/mol. The average molecular weight is 338 g/mol. The first-order valence-corrected chi connectivity index (χ1v) is 7.07. The molecule has 2 aromatic rings. The van der Waals surface area contributed by atoms with E-state index in [2.05, 4.69) is 21.2 Å².